The fourth-order valence-electron chi connectivity index (χ4n) is 1.96. The lowest BCUT2D eigenvalue weighted by Gasteiger charge is -2.41. The number of hydrogen-bond acceptors (Lipinski definition) is 1. The summed E-state index contributed by atoms with van der Waals surface area (Å²) >= 11 is 0. The van der Waals surface area contributed by atoms with Crippen LogP contribution in [0.5, 0.6) is 0 Å². The van der Waals surface area contributed by atoms with Crippen molar-refractivity contribution in [2.24, 2.45) is 0 Å². The molecule has 0 spiro atoms. The molecule has 88 valence electrons. The van der Waals surface area contributed by atoms with Gasteiger partial charge in [0.1, 0.15) is 12.2 Å². The van der Waals surface area contributed by atoms with Gasteiger partial charge in [-0.3, -0.25) is 0 Å². The quantitative estimate of drug-likeness (QED) is 0.576. The second kappa shape index (κ2) is 5.13. The molecule has 0 saturated heterocycles. The van der Waals surface area contributed by atoms with Gasteiger partial charge in [0.05, 0.1) is 6.54 Å². The highest BCUT2D eigenvalue weighted by molar-refractivity contribution is 5.43. The number of rotatable bonds is 4. The van der Waals surface area contributed by atoms with E-state index < -0.39 is 0 Å². The van der Waals surface area contributed by atoms with E-state index in [0.29, 0.717) is 13.1 Å². The Morgan fingerprint density at radius 1 is 0.882 bits per heavy atom. The molecular weight excluding hydrogens is 210 g/mol. The Labute approximate surface area is 102 Å². The minimum Gasteiger partial charge on any atom is -0.627 e. The van der Waals surface area contributed by atoms with E-state index in [4.69, 9.17) is 0 Å². The Balaban J connectivity index is 2.27. The van der Waals surface area contributed by atoms with Gasteiger partial charge in [-0.25, -0.2) is 0 Å². The molecule has 2 aromatic carbocycles. The SMILES string of the molecule is CC[N+]([O-])(Cc1ccccc1)c1ccccc1. The van der Waals surface area contributed by atoms with Gasteiger partial charge in [-0.05, 0) is 19.1 Å². The normalized spacial score (nSPS) is 14.2. The first kappa shape index (κ1) is 11.8. The van der Waals surface area contributed by atoms with Crippen molar-refractivity contribution in [1.29, 1.82) is 0 Å². The minimum atomic E-state index is -0.301. The fraction of sp³-hybridized carbons (Fsp3) is 0.200. The van der Waals surface area contributed by atoms with Gasteiger partial charge in [0.15, 0.2) is 0 Å². The monoisotopic (exact) mass is 227 g/mol. The van der Waals surface area contributed by atoms with Crippen LogP contribution in [-0.2, 0) is 6.54 Å². The minimum absolute atomic E-state index is 0.301. The maximum atomic E-state index is 12.8. The molecule has 0 bridgehead atoms. The summed E-state index contributed by atoms with van der Waals surface area (Å²) in [6.07, 6.45) is 0. The molecule has 2 aromatic rings. The third-order valence-corrected chi connectivity index (χ3v) is 3.02. The van der Waals surface area contributed by atoms with Gasteiger partial charge in [0.25, 0.3) is 0 Å². The Hall–Kier alpha value is -1.64. The van der Waals surface area contributed by atoms with Gasteiger partial charge in [0.2, 0.25) is 0 Å². The van der Waals surface area contributed by atoms with Crippen LogP contribution in [-0.4, -0.2) is 6.54 Å². The lowest BCUT2D eigenvalue weighted by Crippen LogP contribution is -2.41. The summed E-state index contributed by atoms with van der Waals surface area (Å²) in [7, 11) is 0. The van der Waals surface area contributed by atoms with Crippen molar-refractivity contribution in [1.82, 2.24) is 4.65 Å². The molecule has 0 aromatic heterocycles. The van der Waals surface area contributed by atoms with E-state index in [1.54, 1.807) is 0 Å². The molecule has 0 N–H and O–H groups in total. The molecule has 0 amide bonds. The number of hydrogen-bond donors (Lipinski definition) is 0. The smallest absolute Gasteiger partial charge is 0.133 e. The summed E-state index contributed by atoms with van der Waals surface area (Å²) in [6, 6.07) is 19.5. The molecule has 0 heterocycles. The van der Waals surface area contributed by atoms with Gasteiger partial charge in [-0.15, -0.1) is 0 Å². The summed E-state index contributed by atoms with van der Waals surface area (Å²) < 4.78 is -0.301. The van der Waals surface area contributed by atoms with Gasteiger partial charge >= 0.3 is 0 Å². The summed E-state index contributed by atoms with van der Waals surface area (Å²) in [5.41, 5.74) is 1.90. The summed E-state index contributed by atoms with van der Waals surface area (Å²) in [5.74, 6) is 0. The van der Waals surface area contributed by atoms with E-state index in [-0.39, 0.29) is 4.65 Å². The topological polar surface area (TPSA) is 23.1 Å². The lowest BCUT2D eigenvalue weighted by molar-refractivity contribution is 0.382. The Morgan fingerprint density at radius 3 is 1.94 bits per heavy atom. The van der Waals surface area contributed by atoms with Crippen LogP contribution in [0.2, 0.25) is 0 Å². The van der Waals surface area contributed by atoms with E-state index in [2.05, 4.69) is 0 Å². The van der Waals surface area contributed by atoms with Crippen molar-refractivity contribution in [2.45, 2.75) is 13.5 Å². The van der Waals surface area contributed by atoms with E-state index in [1.807, 2.05) is 67.6 Å². The van der Waals surface area contributed by atoms with Crippen molar-refractivity contribution in [3.8, 4) is 0 Å². The van der Waals surface area contributed by atoms with Gasteiger partial charge in [-0.1, -0.05) is 48.5 Å². The third kappa shape index (κ3) is 2.73. The molecule has 1 unspecified atom stereocenters. The molecule has 0 radical (unpaired) electrons. The summed E-state index contributed by atoms with van der Waals surface area (Å²) in [4.78, 5) is 0. The second-order valence-electron chi connectivity index (χ2n) is 4.18. The zero-order valence-electron chi connectivity index (χ0n) is 10.0. The Bertz CT molecular complexity index is 455. The van der Waals surface area contributed by atoms with Crippen molar-refractivity contribution in [3.05, 3.63) is 71.4 Å². The van der Waals surface area contributed by atoms with E-state index in [9.17, 15) is 5.21 Å². The highest BCUT2D eigenvalue weighted by atomic mass is 16.5. The molecular formula is C15H17NO. The predicted molar refractivity (Wildman–Crippen MR) is 72.3 cm³/mol. The third-order valence-electron chi connectivity index (χ3n) is 3.02. The van der Waals surface area contributed by atoms with Gasteiger partial charge in [0, 0.05) is 5.56 Å². The average Bonchev–Trinajstić information content (AvgIpc) is 2.41. The number of hydroxylamine groups is 2. The highest BCUT2D eigenvalue weighted by Crippen LogP contribution is 2.24. The zero-order valence-corrected chi connectivity index (χ0v) is 10.0. The molecule has 2 rings (SSSR count). The maximum absolute atomic E-state index is 12.8. The molecule has 2 heteroatoms. The molecule has 0 aliphatic heterocycles. The van der Waals surface area contributed by atoms with Gasteiger partial charge in [-0.2, -0.15) is 0 Å². The molecule has 17 heavy (non-hydrogen) atoms. The number of benzene rings is 2. The van der Waals surface area contributed by atoms with Crippen LogP contribution in [0.15, 0.2) is 60.7 Å². The number of nitrogens with zero attached hydrogens (tertiary/aromatic N) is 1. The van der Waals surface area contributed by atoms with E-state index in [1.165, 1.54) is 0 Å². The first-order valence-corrected chi connectivity index (χ1v) is 5.92. The van der Waals surface area contributed by atoms with Crippen LogP contribution in [0, 0.1) is 5.21 Å². The van der Waals surface area contributed by atoms with Gasteiger partial charge < -0.3 is 9.85 Å². The molecule has 0 aliphatic rings. The molecule has 2 nitrogen and oxygen atoms in total. The van der Waals surface area contributed by atoms with Crippen LogP contribution < -0.4 is 4.65 Å². The summed E-state index contributed by atoms with van der Waals surface area (Å²) in [6.45, 7) is 2.96. The van der Waals surface area contributed by atoms with Crippen LogP contribution in [0.25, 0.3) is 0 Å². The molecule has 0 fully saturated rings. The first-order chi connectivity index (χ1) is 8.24. The van der Waals surface area contributed by atoms with Crippen LogP contribution in [0.3, 0.4) is 0 Å². The first-order valence-electron chi connectivity index (χ1n) is 5.92. The second-order valence-corrected chi connectivity index (χ2v) is 4.18. The zero-order chi connectivity index (χ0) is 12.1. The lowest BCUT2D eigenvalue weighted by atomic mass is 10.2. The Kier molecular flexibility index (Phi) is 3.57. The van der Waals surface area contributed by atoms with Crippen LogP contribution >= 0.6 is 0 Å². The predicted octanol–water partition coefficient (Wildman–Crippen LogP) is 3.71. The van der Waals surface area contributed by atoms with E-state index in [0.717, 1.165) is 11.3 Å². The Morgan fingerprint density at radius 2 is 1.41 bits per heavy atom. The van der Waals surface area contributed by atoms with Crippen LogP contribution in [0.1, 0.15) is 12.5 Å². The van der Waals surface area contributed by atoms with Crippen molar-refractivity contribution in [3.63, 3.8) is 0 Å². The van der Waals surface area contributed by atoms with Crippen molar-refractivity contribution in [2.75, 3.05) is 6.54 Å². The molecule has 0 aliphatic carbocycles. The highest BCUT2D eigenvalue weighted by Gasteiger charge is 2.18. The largest absolute Gasteiger partial charge is 0.627 e. The average molecular weight is 227 g/mol. The van der Waals surface area contributed by atoms with E-state index >= 15 is 0 Å². The fourth-order valence-corrected chi connectivity index (χ4v) is 1.96. The maximum Gasteiger partial charge on any atom is 0.133 e. The number of quaternary nitrogens is 1. The summed E-state index contributed by atoms with van der Waals surface area (Å²) in [5, 5.41) is 12.8. The molecule has 1 atom stereocenters. The number of para-hydroxylation sites is 1. The van der Waals surface area contributed by atoms with Crippen LogP contribution in [0.4, 0.5) is 5.69 Å². The molecule has 0 saturated carbocycles. The standard InChI is InChI=1S/C15H17NO/c1-2-16(17,15-11-7-4-8-12-15)13-14-9-5-3-6-10-14/h3-12H,2,13H2,1H3. The van der Waals surface area contributed by atoms with Crippen molar-refractivity contribution >= 4 is 5.69 Å². The van der Waals surface area contributed by atoms with Crippen molar-refractivity contribution < 1.29 is 0 Å².